The number of nitrogens with zero attached hydrogens (tertiary/aromatic N) is 3. The van der Waals surface area contributed by atoms with Gasteiger partial charge in [-0.05, 0) is 37.6 Å². The summed E-state index contributed by atoms with van der Waals surface area (Å²) in [6, 6.07) is 7.47. The van der Waals surface area contributed by atoms with E-state index in [1.807, 2.05) is 38.2 Å². The van der Waals surface area contributed by atoms with E-state index in [9.17, 15) is 0 Å². The molecule has 2 rings (SSSR count). The van der Waals surface area contributed by atoms with Gasteiger partial charge in [-0.2, -0.15) is 5.26 Å². The summed E-state index contributed by atoms with van der Waals surface area (Å²) in [6.45, 7) is 4.58. The van der Waals surface area contributed by atoms with Crippen LogP contribution in [0.15, 0.2) is 30.6 Å². The highest BCUT2D eigenvalue weighted by atomic mass is 16.5. The van der Waals surface area contributed by atoms with E-state index in [-0.39, 0.29) is 0 Å². The summed E-state index contributed by atoms with van der Waals surface area (Å²) < 4.78 is 5.49. The van der Waals surface area contributed by atoms with Crippen molar-refractivity contribution >= 4 is 17.3 Å². The minimum atomic E-state index is 0.452. The molecule has 0 spiro atoms. The summed E-state index contributed by atoms with van der Waals surface area (Å²) in [6.07, 6.45) is 3.21. The number of hydrogen-bond donors (Lipinski definition) is 2. The lowest BCUT2D eigenvalue weighted by atomic mass is 10.2. The van der Waals surface area contributed by atoms with Gasteiger partial charge in [-0.15, -0.1) is 0 Å². The number of rotatable bonds is 5. The highest BCUT2D eigenvalue weighted by molar-refractivity contribution is 5.61. The van der Waals surface area contributed by atoms with Crippen LogP contribution in [-0.4, -0.2) is 16.6 Å². The molecule has 0 amide bonds. The van der Waals surface area contributed by atoms with Crippen molar-refractivity contribution in [2.45, 2.75) is 13.8 Å². The molecule has 6 heteroatoms. The Balaban J connectivity index is 2.16. The summed E-state index contributed by atoms with van der Waals surface area (Å²) in [5.41, 5.74) is 1.94. The Morgan fingerprint density at radius 3 is 2.75 bits per heavy atom. The van der Waals surface area contributed by atoms with Crippen LogP contribution >= 0.6 is 0 Å². The first-order valence-corrected chi connectivity index (χ1v) is 6.20. The summed E-state index contributed by atoms with van der Waals surface area (Å²) in [4.78, 5) is 8.02. The summed E-state index contributed by atoms with van der Waals surface area (Å²) in [5, 5.41) is 14.2. The van der Waals surface area contributed by atoms with Gasteiger partial charge >= 0.3 is 0 Å². The van der Waals surface area contributed by atoms with E-state index < -0.39 is 0 Å². The van der Waals surface area contributed by atoms with Gasteiger partial charge in [-0.3, -0.25) is 5.32 Å². The van der Waals surface area contributed by atoms with E-state index >= 15 is 0 Å². The fourth-order valence-electron chi connectivity index (χ4n) is 1.74. The fourth-order valence-corrected chi connectivity index (χ4v) is 1.74. The van der Waals surface area contributed by atoms with Crippen molar-refractivity contribution in [1.82, 2.24) is 9.97 Å². The van der Waals surface area contributed by atoms with Crippen LogP contribution in [0, 0.1) is 18.4 Å². The van der Waals surface area contributed by atoms with Crippen LogP contribution in [0.5, 0.6) is 5.75 Å². The average Bonchev–Trinajstić information content (AvgIpc) is 2.43. The predicted molar refractivity (Wildman–Crippen MR) is 76.9 cm³/mol. The van der Waals surface area contributed by atoms with E-state index in [0.717, 1.165) is 17.0 Å². The fraction of sp³-hybridized carbons (Fsp3) is 0.214. The Kier molecular flexibility index (Phi) is 4.35. The third-order valence-corrected chi connectivity index (χ3v) is 2.60. The molecular weight excluding hydrogens is 254 g/mol. The van der Waals surface area contributed by atoms with Crippen molar-refractivity contribution in [2.24, 2.45) is 0 Å². The van der Waals surface area contributed by atoms with Crippen molar-refractivity contribution in [2.75, 3.05) is 17.2 Å². The van der Waals surface area contributed by atoms with Crippen molar-refractivity contribution < 1.29 is 4.74 Å². The van der Waals surface area contributed by atoms with Gasteiger partial charge in [0.2, 0.25) is 0 Å². The zero-order valence-electron chi connectivity index (χ0n) is 11.3. The first kappa shape index (κ1) is 13.6. The zero-order chi connectivity index (χ0) is 14.4. The standard InChI is InChI=1S/C14H15N5O/c1-3-20-12-5-4-11(6-10(12)2)19-14-7-13(16-8-15)17-9-18-14/h4-7,9H,3H2,1-2H3,(H2,16,17,18,19). The number of hydrogen-bond acceptors (Lipinski definition) is 6. The Labute approximate surface area is 117 Å². The maximum Gasteiger partial charge on any atom is 0.182 e. The van der Waals surface area contributed by atoms with Crippen molar-refractivity contribution in [1.29, 1.82) is 5.26 Å². The molecule has 0 aliphatic heterocycles. The average molecular weight is 269 g/mol. The first-order valence-electron chi connectivity index (χ1n) is 6.20. The van der Waals surface area contributed by atoms with Gasteiger partial charge < -0.3 is 10.1 Å². The second kappa shape index (κ2) is 6.38. The quantitative estimate of drug-likeness (QED) is 0.641. The molecule has 0 bridgehead atoms. The van der Waals surface area contributed by atoms with Gasteiger partial charge in [0.15, 0.2) is 6.19 Å². The van der Waals surface area contributed by atoms with Crippen LogP contribution in [0.3, 0.4) is 0 Å². The van der Waals surface area contributed by atoms with Gasteiger partial charge in [0, 0.05) is 11.8 Å². The number of anilines is 3. The maximum absolute atomic E-state index is 8.56. The van der Waals surface area contributed by atoms with Crippen LogP contribution in [-0.2, 0) is 0 Å². The highest BCUT2D eigenvalue weighted by Crippen LogP contribution is 2.24. The lowest BCUT2D eigenvalue weighted by Crippen LogP contribution is -1.99. The molecule has 1 heterocycles. The highest BCUT2D eigenvalue weighted by Gasteiger charge is 2.03. The molecule has 0 saturated carbocycles. The van der Waals surface area contributed by atoms with E-state index in [1.165, 1.54) is 6.33 Å². The van der Waals surface area contributed by atoms with Crippen LogP contribution in [0.25, 0.3) is 0 Å². The van der Waals surface area contributed by atoms with Gasteiger partial charge in [-0.1, -0.05) is 0 Å². The number of nitrogens with one attached hydrogen (secondary N) is 2. The molecule has 102 valence electrons. The Morgan fingerprint density at radius 2 is 2.05 bits per heavy atom. The molecular formula is C14H15N5O. The minimum absolute atomic E-state index is 0.452. The monoisotopic (exact) mass is 269 g/mol. The van der Waals surface area contributed by atoms with E-state index in [2.05, 4.69) is 20.6 Å². The summed E-state index contributed by atoms with van der Waals surface area (Å²) in [5.74, 6) is 1.93. The molecule has 0 radical (unpaired) electrons. The van der Waals surface area contributed by atoms with Crippen LogP contribution < -0.4 is 15.4 Å². The molecule has 20 heavy (non-hydrogen) atoms. The molecule has 2 aromatic rings. The number of ether oxygens (including phenoxy) is 1. The molecule has 2 N–H and O–H groups in total. The third kappa shape index (κ3) is 3.36. The third-order valence-electron chi connectivity index (χ3n) is 2.60. The van der Waals surface area contributed by atoms with Crippen LogP contribution in [0.4, 0.5) is 17.3 Å². The lowest BCUT2D eigenvalue weighted by Gasteiger charge is -2.10. The molecule has 0 aliphatic carbocycles. The van der Waals surface area contributed by atoms with E-state index in [0.29, 0.717) is 18.2 Å². The molecule has 1 aromatic heterocycles. The molecule has 0 atom stereocenters. The topological polar surface area (TPSA) is 82.9 Å². The largest absolute Gasteiger partial charge is 0.494 e. The first-order chi connectivity index (χ1) is 9.72. The number of nitriles is 1. The second-order valence-corrected chi connectivity index (χ2v) is 4.06. The van der Waals surface area contributed by atoms with Crippen LogP contribution in [0.2, 0.25) is 0 Å². The molecule has 0 unspecified atom stereocenters. The van der Waals surface area contributed by atoms with Crippen molar-refractivity contribution in [3.05, 3.63) is 36.2 Å². The normalized spacial score (nSPS) is 9.65. The molecule has 0 aliphatic rings. The SMILES string of the molecule is CCOc1ccc(Nc2cc(NC#N)ncn2)cc1C. The summed E-state index contributed by atoms with van der Waals surface area (Å²) in [7, 11) is 0. The maximum atomic E-state index is 8.56. The van der Waals surface area contributed by atoms with Crippen LogP contribution in [0.1, 0.15) is 12.5 Å². The predicted octanol–water partition coefficient (Wildman–Crippen LogP) is 2.82. The van der Waals surface area contributed by atoms with Gasteiger partial charge in [-0.25, -0.2) is 9.97 Å². The number of aromatic nitrogens is 2. The number of benzene rings is 1. The Morgan fingerprint density at radius 1 is 1.25 bits per heavy atom. The summed E-state index contributed by atoms with van der Waals surface area (Å²) >= 11 is 0. The van der Waals surface area contributed by atoms with Gasteiger partial charge in [0.1, 0.15) is 23.7 Å². The van der Waals surface area contributed by atoms with Gasteiger partial charge in [0.05, 0.1) is 6.61 Å². The minimum Gasteiger partial charge on any atom is -0.494 e. The Hall–Kier alpha value is -2.81. The van der Waals surface area contributed by atoms with Gasteiger partial charge in [0.25, 0.3) is 0 Å². The lowest BCUT2D eigenvalue weighted by molar-refractivity contribution is 0.338. The second-order valence-electron chi connectivity index (χ2n) is 4.06. The van der Waals surface area contributed by atoms with E-state index in [1.54, 1.807) is 6.07 Å². The van der Waals surface area contributed by atoms with Crippen molar-refractivity contribution in [3.8, 4) is 11.9 Å². The molecule has 0 saturated heterocycles. The van der Waals surface area contributed by atoms with Crippen molar-refractivity contribution in [3.63, 3.8) is 0 Å². The molecule has 6 nitrogen and oxygen atoms in total. The zero-order valence-corrected chi connectivity index (χ0v) is 11.3. The Bertz CT molecular complexity index is 636. The molecule has 0 fully saturated rings. The molecule has 1 aromatic carbocycles. The number of aryl methyl sites for hydroxylation is 1. The van der Waals surface area contributed by atoms with E-state index in [4.69, 9.17) is 10.00 Å². The smallest absolute Gasteiger partial charge is 0.182 e.